The zero-order chi connectivity index (χ0) is 10.4. The average Bonchev–Trinajstić information content (AvgIpc) is 2.26. The molecule has 1 rings (SSSR count). The monoisotopic (exact) mass is 212 g/mol. The molecule has 2 nitrogen and oxygen atoms in total. The lowest BCUT2D eigenvalue weighted by atomic mass is 10.2. The molecule has 1 aromatic carbocycles. The first kappa shape index (κ1) is 11.1. The van der Waals surface area contributed by atoms with Crippen LogP contribution in [0.1, 0.15) is 23.7 Å². The van der Waals surface area contributed by atoms with Crippen LogP contribution in [0.4, 0.5) is 0 Å². The molecule has 0 aromatic heterocycles. The first-order chi connectivity index (χ1) is 6.77. The van der Waals surface area contributed by atoms with Crippen molar-refractivity contribution in [2.75, 3.05) is 5.88 Å². The summed E-state index contributed by atoms with van der Waals surface area (Å²) in [7, 11) is 0. The van der Waals surface area contributed by atoms with Crippen LogP contribution in [-0.2, 0) is 4.74 Å². The summed E-state index contributed by atoms with van der Waals surface area (Å²) >= 11 is 5.62. The predicted molar refractivity (Wildman–Crippen MR) is 56.7 cm³/mol. The molecule has 0 amide bonds. The quantitative estimate of drug-likeness (QED) is 0.567. The molecule has 0 unspecified atom stereocenters. The van der Waals surface area contributed by atoms with Crippen molar-refractivity contribution in [3.05, 3.63) is 35.9 Å². The second-order valence-electron chi connectivity index (χ2n) is 2.96. The third kappa shape index (κ3) is 3.04. The largest absolute Gasteiger partial charge is 0.458 e. The number of alkyl halides is 1. The molecule has 76 valence electrons. The molecule has 0 heterocycles. The van der Waals surface area contributed by atoms with E-state index in [9.17, 15) is 4.79 Å². The average molecular weight is 213 g/mol. The maximum absolute atomic E-state index is 11.5. The van der Waals surface area contributed by atoms with Gasteiger partial charge in [-0.3, -0.25) is 0 Å². The van der Waals surface area contributed by atoms with Crippen LogP contribution in [0.5, 0.6) is 0 Å². The van der Waals surface area contributed by atoms with Gasteiger partial charge in [0.05, 0.1) is 11.4 Å². The van der Waals surface area contributed by atoms with Gasteiger partial charge < -0.3 is 4.74 Å². The van der Waals surface area contributed by atoms with Crippen molar-refractivity contribution in [3.63, 3.8) is 0 Å². The van der Waals surface area contributed by atoms with Crippen molar-refractivity contribution in [2.45, 2.75) is 19.4 Å². The van der Waals surface area contributed by atoms with Gasteiger partial charge in [-0.2, -0.15) is 0 Å². The van der Waals surface area contributed by atoms with Gasteiger partial charge in [-0.15, -0.1) is 11.6 Å². The van der Waals surface area contributed by atoms with E-state index in [0.717, 1.165) is 6.42 Å². The Morgan fingerprint density at radius 1 is 1.43 bits per heavy atom. The SMILES string of the molecule is CC[C@@H](CCl)OC(=O)c1ccccc1. The number of hydrogen-bond acceptors (Lipinski definition) is 2. The first-order valence-electron chi connectivity index (χ1n) is 4.60. The summed E-state index contributed by atoms with van der Waals surface area (Å²) in [4.78, 5) is 11.5. The van der Waals surface area contributed by atoms with Gasteiger partial charge in [-0.05, 0) is 18.6 Å². The summed E-state index contributed by atoms with van der Waals surface area (Å²) < 4.78 is 5.16. The third-order valence-corrected chi connectivity index (χ3v) is 2.25. The molecule has 1 atom stereocenters. The first-order valence-corrected chi connectivity index (χ1v) is 5.13. The minimum Gasteiger partial charge on any atom is -0.458 e. The molecular weight excluding hydrogens is 200 g/mol. The Balaban J connectivity index is 2.59. The Labute approximate surface area is 88.8 Å². The summed E-state index contributed by atoms with van der Waals surface area (Å²) in [6.07, 6.45) is 0.548. The Morgan fingerprint density at radius 2 is 2.07 bits per heavy atom. The van der Waals surface area contributed by atoms with Gasteiger partial charge in [0.15, 0.2) is 0 Å². The number of esters is 1. The lowest BCUT2D eigenvalue weighted by Gasteiger charge is -2.12. The number of hydrogen-bond donors (Lipinski definition) is 0. The highest BCUT2D eigenvalue weighted by molar-refractivity contribution is 6.18. The van der Waals surface area contributed by atoms with Crippen LogP contribution < -0.4 is 0 Å². The smallest absolute Gasteiger partial charge is 0.338 e. The van der Waals surface area contributed by atoms with Crippen LogP contribution in [-0.4, -0.2) is 18.0 Å². The Hall–Kier alpha value is -1.02. The molecule has 0 N–H and O–H groups in total. The highest BCUT2D eigenvalue weighted by atomic mass is 35.5. The number of benzene rings is 1. The molecule has 0 aliphatic carbocycles. The molecule has 3 heteroatoms. The van der Waals surface area contributed by atoms with E-state index in [1.165, 1.54) is 0 Å². The van der Waals surface area contributed by atoms with Crippen molar-refractivity contribution in [1.82, 2.24) is 0 Å². The van der Waals surface area contributed by atoms with Crippen molar-refractivity contribution in [3.8, 4) is 0 Å². The summed E-state index contributed by atoms with van der Waals surface area (Å²) in [5, 5.41) is 0. The van der Waals surface area contributed by atoms with Gasteiger partial charge in [-0.1, -0.05) is 25.1 Å². The van der Waals surface area contributed by atoms with Gasteiger partial charge in [0.1, 0.15) is 6.10 Å². The number of halogens is 1. The Kier molecular flexibility index (Phi) is 4.47. The topological polar surface area (TPSA) is 26.3 Å². The zero-order valence-electron chi connectivity index (χ0n) is 8.07. The van der Waals surface area contributed by atoms with E-state index in [1.807, 2.05) is 13.0 Å². The standard InChI is InChI=1S/C11H13ClO2/c1-2-10(8-12)14-11(13)9-6-4-3-5-7-9/h3-7,10H,2,8H2,1H3/t10-/m0/s1. The lowest BCUT2D eigenvalue weighted by molar-refractivity contribution is 0.0341. The number of carbonyl (C=O) groups is 1. The number of carbonyl (C=O) groups excluding carboxylic acids is 1. The van der Waals surface area contributed by atoms with E-state index in [1.54, 1.807) is 24.3 Å². The van der Waals surface area contributed by atoms with Crippen LogP contribution in [0.25, 0.3) is 0 Å². The molecule has 0 saturated carbocycles. The molecule has 0 saturated heterocycles. The summed E-state index contributed by atoms with van der Waals surface area (Å²) in [5.74, 6) is 0.0350. The Morgan fingerprint density at radius 3 is 2.57 bits per heavy atom. The fourth-order valence-electron chi connectivity index (χ4n) is 1.02. The van der Waals surface area contributed by atoms with E-state index in [2.05, 4.69) is 0 Å². The third-order valence-electron chi connectivity index (χ3n) is 1.91. The predicted octanol–water partition coefficient (Wildman–Crippen LogP) is 2.86. The van der Waals surface area contributed by atoms with Crippen LogP contribution in [0.3, 0.4) is 0 Å². The fourth-order valence-corrected chi connectivity index (χ4v) is 1.30. The highest BCUT2D eigenvalue weighted by Crippen LogP contribution is 2.07. The van der Waals surface area contributed by atoms with E-state index in [4.69, 9.17) is 16.3 Å². The maximum atomic E-state index is 11.5. The molecule has 14 heavy (non-hydrogen) atoms. The maximum Gasteiger partial charge on any atom is 0.338 e. The summed E-state index contributed by atoms with van der Waals surface area (Å²) in [5.41, 5.74) is 0.566. The van der Waals surface area contributed by atoms with Gasteiger partial charge in [-0.25, -0.2) is 4.79 Å². The minimum atomic E-state index is -0.307. The summed E-state index contributed by atoms with van der Waals surface area (Å²) in [6.45, 7) is 1.94. The number of rotatable bonds is 4. The van der Waals surface area contributed by atoms with Crippen LogP contribution in [0.2, 0.25) is 0 Å². The van der Waals surface area contributed by atoms with Crippen LogP contribution in [0.15, 0.2) is 30.3 Å². The molecule has 0 aliphatic heterocycles. The fraction of sp³-hybridized carbons (Fsp3) is 0.364. The van der Waals surface area contributed by atoms with Crippen molar-refractivity contribution in [1.29, 1.82) is 0 Å². The van der Waals surface area contributed by atoms with Crippen molar-refractivity contribution >= 4 is 17.6 Å². The van der Waals surface area contributed by atoms with Crippen LogP contribution in [0, 0.1) is 0 Å². The molecule has 0 aliphatic rings. The van der Waals surface area contributed by atoms with E-state index < -0.39 is 0 Å². The van der Waals surface area contributed by atoms with Gasteiger partial charge >= 0.3 is 5.97 Å². The molecule has 0 bridgehead atoms. The van der Waals surface area contributed by atoms with Crippen molar-refractivity contribution in [2.24, 2.45) is 0 Å². The highest BCUT2D eigenvalue weighted by Gasteiger charge is 2.12. The van der Waals surface area contributed by atoms with Gasteiger partial charge in [0.2, 0.25) is 0 Å². The van der Waals surface area contributed by atoms with E-state index in [-0.39, 0.29) is 12.1 Å². The second kappa shape index (κ2) is 5.66. The van der Waals surface area contributed by atoms with E-state index >= 15 is 0 Å². The molecule has 1 aromatic rings. The lowest BCUT2D eigenvalue weighted by Crippen LogP contribution is -2.18. The zero-order valence-corrected chi connectivity index (χ0v) is 8.83. The summed E-state index contributed by atoms with van der Waals surface area (Å²) in [6, 6.07) is 8.92. The molecule has 0 spiro atoms. The molecule has 0 radical (unpaired) electrons. The van der Waals surface area contributed by atoms with Crippen LogP contribution >= 0.6 is 11.6 Å². The molecule has 0 fully saturated rings. The Bertz CT molecular complexity index is 281. The minimum absolute atomic E-state index is 0.190. The van der Waals surface area contributed by atoms with E-state index in [0.29, 0.717) is 11.4 Å². The number of ether oxygens (including phenoxy) is 1. The van der Waals surface area contributed by atoms with Crippen molar-refractivity contribution < 1.29 is 9.53 Å². The normalized spacial score (nSPS) is 12.1. The second-order valence-corrected chi connectivity index (χ2v) is 3.26. The van der Waals surface area contributed by atoms with Gasteiger partial charge in [0, 0.05) is 0 Å². The molecular formula is C11H13ClO2. The van der Waals surface area contributed by atoms with Gasteiger partial charge in [0.25, 0.3) is 0 Å².